The average Bonchev–Trinajstić information content (AvgIpc) is 2.62. The molecule has 1 aliphatic carbocycles. The van der Waals surface area contributed by atoms with Crippen molar-refractivity contribution in [2.24, 2.45) is 17.3 Å². The molecule has 3 rings (SSSR count). The van der Waals surface area contributed by atoms with E-state index >= 15 is 0 Å². The van der Waals surface area contributed by atoms with E-state index in [1.54, 1.807) is 30.0 Å². The highest BCUT2D eigenvalue weighted by atomic mass is 32.2. The lowest BCUT2D eigenvalue weighted by Gasteiger charge is -2.45. The molecular weight excluding hydrogens is 323 g/mol. The lowest BCUT2D eigenvalue weighted by atomic mass is 9.55. The minimum Gasteiger partial charge on any atom is -0.305 e. The Balaban J connectivity index is 2.29. The van der Waals surface area contributed by atoms with Gasteiger partial charge in [0.1, 0.15) is 11.7 Å². The van der Waals surface area contributed by atoms with Gasteiger partial charge in [-0.15, -0.1) is 0 Å². The molecular formula is C18H13FN4S. The molecule has 4 nitrogen and oxygen atoms in total. The van der Waals surface area contributed by atoms with Crippen LogP contribution in [-0.4, -0.2) is 17.2 Å². The van der Waals surface area contributed by atoms with Gasteiger partial charge in [0.2, 0.25) is 0 Å². The summed E-state index contributed by atoms with van der Waals surface area (Å²) in [4.78, 5) is 0. The summed E-state index contributed by atoms with van der Waals surface area (Å²) in [5.74, 6) is -1.16. The fraction of sp³-hybridized carbons (Fsp3) is 0.333. The number of nitrogens with zero attached hydrogens (tertiary/aromatic N) is 3. The number of thioether (sulfide) groups is 1. The Labute approximate surface area is 143 Å². The number of benzene rings is 1. The Bertz CT molecular complexity index is 841. The number of rotatable bonds is 1. The zero-order valence-electron chi connectivity index (χ0n) is 12.7. The summed E-state index contributed by atoms with van der Waals surface area (Å²) in [7, 11) is 0. The van der Waals surface area contributed by atoms with Crippen LogP contribution < -0.4 is 0 Å². The molecule has 1 N–H and O–H groups in total. The number of nitriles is 3. The van der Waals surface area contributed by atoms with Crippen LogP contribution in [0.25, 0.3) is 0 Å². The molecule has 2 aliphatic rings. The van der Waals surface area contributed by atoms with E-state index in [2.05, 4.69) is 6.07 Å². The molecule has 1 saturated carbocycles. The molecule has 0 bridgehead atoms. The first-order valence-electron chi connectivity index (χ1n) is 7.44. The first kappa shape index (κ1) is 16.2. The maximum atomic E-state index is 14.5. The van der Waals surface area contributed by atoms with Gasteiger partial charge in [0.05, 0.1) is 23.9 Å². The van der Waals surface area contributed by atoms with Crippen molar-refractivity contribution in [3.8, 4) is 18.2 Å². The van der Waals surface area contributed by atoms with Crippen molar-refractivity contribution in [2.45, 2.75) is 5.92 Å². The molecule has 118 valence electrons. The van der Waals surface area contributed by atoms with E-state index in [0.717, 1.165) is 5.57 Å². The Kier molecular flexibility index (Phi) is 4.14. The Hall–Kier alpha value is -2.62. The third kappa shape index (κ3) is 2.13. The maximum Gasteiger partial charge on any atom is 0.189 e. The summed E-state index contributed by atoms with van der Waals surface area (Å²) in [6.45, 7) is 0. The van der Waals surface area contributed by atoms with Crippen molar-refractivity contribution in [1.82, 2.24) is 0 Å². The first-order valence-corrected chi connectivity index (χ1v) is 8.59. The second kappa shape index (κ2) is 6.11. The lowest BCUT2D eigenvalue weighted by molar-refractivity contribution is 0.367. The van der Waals surface area contributed by atoms with E-state index in [1.807, 2.05) is 18.2 Å². The van der Waals surface area contributed by atoms with E-state index in [0.29, 0.717) is 11.5 Å². The zero-order chi connectivity index (χ0) is 17.3. The van der Waals surface area contributed by atoms with Crippen LogP contribution in [0, 0.1) is 62.5 Å². The highest BCUT2D eigenvalue weighted by molar-refractivity contribution is 7.99. The zero-order valence-corrected chi connectivity index (χ0v) is 13.5. The van der Waals surface area contributed by atoms with Crippen LogP contribution in [0.15, 0.2) is 35.9 Å². The molecule has 0 amide bonds. The molecule has 0 unspecified atom stereocenters. The minimum absolute atomic E-state index is 0.238. The van der Waals surface area contributed by atoms with E-state index in [4.69, 9.17) is 5.41 Å². The van der Waals surface area contributed by atoms with Crippen molar-refractivity contribution >= 4 is 17.5 Å². The van der Waals surface area contributed by atoms with Crippen LogP contribution in [0.5, 0.6) is 0 Å². The number of hydrogen-bond donors (Lipinski definition) is 1. The molecule has 1 heterocycles. The highest BCUT2D eigenvalue weighted by Crippen LogP contribution is 2.54. The highest BCUT2D eigenvalue weighted by Gasteiger charge is 2.57. The summed E-state index contributed by atoms with van der Waals surface area (Å²) >= 11 is 1.62. The van der Waals surface area contributed by atoms with Gasteiger partial charge in [0, 0.05) is 23.3 Å². The van der Waals surface area contributed by atoms with Gasteiger partial charge in [-0.25, -0.2) is 4.39 Å². The topological polar surface area (TPSA) is 95.2 Å². The molecule has 1 aromatic carbocycles. The molecule has 0 radical (unpaired) electrons. The smallest absolute Gasteiger partial charge is 0.189 e. The third-order valence-corrected chi connectivity index (χ3v) is 5.80. The van der Waals surface area contributed by atoms with Crippen molar-refractivity contribution in [3.63, 3.8) is 0 Å². The van der Waals surface area contributed by atoms with Crippen LogP contribution >= 0.6 is 11.8 Å². The third-order valence-electron chi connectivity index (χ3n) is 4.80. The molecule has 24 heavy (non-hydrogen) atoms. The lowest BCUT2D eigenvalue weighted by Crippen LogP contribution is -2.49. The fourth-order valence-corrected chi connectivity index (χ4v) is 4.77. The maximum absolute atomic E-state index is 14.5. The minimum atomic E-state index is -1.83. The second-order valence-electron chi connectivity index (χ2n) is 5.85. The summed E-state index contributed by atoms with van der Waals surface area (Å²) in [5.41, 5.74) is -1.06. The number of hydrogen-bond acceptors (Lipinski definition) is 5. The molecule has 1 fully saturated rings. The van der Waals surface area contributed by atoms with Gasteiger partial charge < -0.3 is 5.41 Å². The number of halogens is 1. The first-order chi connectivity index (χ1) is 11.6. The van der Waals surface area contributed by atoms with Crippen molar-refractivity contribution in [2.75, 3.05) is 11.5 Å². The van der Waals surface area contributed by atoms with Gasteiger partial charge in [-0.2, -0.15) is 27.5 Å². The summed E-state index contributed by atoms with van der Waals surface area (Å²) < 4.78 is 14.5. The molecule has 0 spiro atoms. The summed E-state index contributed by atoms with van der Waals surface area (Å²) in [5, 5.41) is 37.4. The van der Waals surface area contributed by atoms with Crippen LogP contribution in [0.1, 0.15) is 11.5 Å². The van der Waals surface area contributed by atoms with E-state index in [-0.39, 0.29) is 17.2 Å². The Morgan fingerprint density at radius 3 is 2.54 bits per heavy atom. The van der Waals surface area contributed by atoms with Gasteiger partial charge in [-0.3, -0.25) is 0 Å². The molecule has 1 aliphatic heterocycles. The van der Waals surface area contributed by atoms with Crippen molar-refractivity contribution in [1.29, 1.82) is 21.2 Å². The normalized spacial score (nSPS) is 27.8. The standard InChI is InChI=1S/C18H13FN4S/c19-15-4-2-1-3-12(15)16-14-8-24-6-5-11(14)13(7-20)17(23)18(16,9-21)10-22/h1-5,13-14,16,23H,6,8H2/t13-,14-,16-/m1/s1. The van der Waals surface area contributed by atoms with Gasteiger partial charge in [-0.05, 0) is 17.2 Å². The largest absolute Gasteiger partial charge is 0.305 e. The van der Waals surface area contributed by atoms with Crippen molar-refractivity contribution < 1.29 is 4.39 Å². The van der Waals surface area contributed by atoms with Crippen LogP contribution in [0.3, 0.4) is 0 Å². The van der Waals surface area contributed by atoms with E-state index in [9.17, 15) is 20.2 Å². The van der Waals surface area contributed by atoms with Gasteiger partial charge >= 0.3 is 0 Å². The van der Waals surface area contributed by atoms with Crippen molar-refractivity contribution in [3.05, 3.63) is 47.3 Å². The monoisotopic (exact) mass is 336 g/mol. The Morgan fingerprint density at radius 1 is 1.21 bits per heavy atom. The average molecular weight is 336 g/mol. The van der Waals surface area contributed by atoms with Crippen LogP contribution in [-0.2, 0) is 0 Å². The van der Waals surface area contributed by atoms with Crippen LogP contribution in [0.4, 0.5) is 4.39 Å². The quantitative estimate of drug-likeness (QED) is 0.795. The SMILES string of the molecule is N#C[C@H]1C(=N)C(C#N)(C#N)[C@H](c2ccccc2F)[C@@H]2CSCC=C12. The summed E-state index contributed by atoms with van der Waals surface area (Å²) in [6.07, 6.45) is 1.90. The fourth-order valence-electron chi connectivity index (χ4n) is 3.68. The van der Waals surface area contributed by atoms with Crippen LogP contribution in [0.2, 0.25) is 0 Å². The molecule has 3 atom stereocenters. The molecule has 0 aromatic heterocycles. The van der Waals surface area contributed by atoms with E-state index < -0.39 is 23.1 Å². The summed E-state index contributed by atoms with van der Waals surface area (Å²) in [6, 6.07) is 12.1. The predicted octanol–water partition coefficient (Wildman–Crippen LogP) is 3.41. The Morgan fingerprint density at radius 2 is 1.92 bits per heavy atom. The molecule has 6 heteroatoms. The van der Waals surface area contributed by atoms with Gasteiger partial charge in [-0.1, -0.05) is 24.3 Å². The van der Waals surface area contributed by atoms with Gasteiger partial charge in [0.25, 0.3) is 0 Å². The second-order valence-corrected chi connectivity index (χ2v) is 6.93. The predicted molar refractivity (Wildman–Crippen MR) is 88.5 cm³/mol. The number of fused-ring (bicyclic) bond motifs is 1. The number of allylic oxidation sites excluding steroid dienone is 1. The van der Waals surface area contributed by atoms with E-state index in [1.165, 1.54) is 6.07 Å². The molecule has 1 aromatic rings. The number of nitrogens with one attached hydrogen (secondary N) is 1. The molecule has 0 saturated heterocycles. The van der Waals surface area contributed by atoms with Gasteiger partial charge in [0.15, 0.2) is 5.41 Å².